The van der Waals surface area contributed by atoms with Crippen LogP contribution in [-0.4, -0.2) is 38.6 Å². The molecular weight excluding hydrogens is 416 g/mol. The Bertz CT molecular complexity index is 1060. The largest absolute Gasteiger partial charge is 0.493 e. The van der Waals surface area contributed by atoms with Crippen LogP contribution >= 0.6 is 0 Å². The van der Waals surface area contributed by atoms with Gasteiger partial charge < -0.3 is 14.6 Å². The molecule has 6 nitrogen and oxygen atoms in total. The van der Waals surface area contributed by atoms with Gasteiger partial charge in [0.25, 0.3) is 0 Å². The molecule has 1 heterocycles. The molecule has 0 aliphatic carbocycles. The Morgan fingerprint density at radius 3 is 2.52 bits per heavy atom. The highest BCUT2D eigenvalue weighted by atomic mass is 32.2. The molecule has 1 unspecified atom stereocenters. The van der Waals surface area contributed by atoms with Gasteiger partial charge in [-0.15, -0.1) is 0 Å². The van der Waals surface area contributed by atoms with Crippen molar-refractivity contribution in [2.75, 3.05) is 19.2 Å². The third kappa shape index (κ3) is 5.17. The van der Waals surface area contributed by atoms with Crippen LogP contribution in [0.4, 0.5) is 0 Å². The fourth-order valence-electron chi connectivity index (χ4n) is 3.62. The van der Waals surface area contributed by atoms with E-state index in [1.54, 1.807) is 31.2 Å². The van der Waals surface area contributed by atoms with Crippen molar-refractivity contribution in [3.63, 3.8) is 0 Å². The van der Waals surface area contributed by atoms with E-state index in [2.05, 4.69) is 0 Å². The van der Waals surface area contributed by atoms with E-state index in [4.69, 9.17) is 14.6 Å². The first-order valence-corrected chi connectivity index (χ1v) is 12.0. The molecule has 0 bridgehead atoms. The standard InChI is InChI=1S/C24H28O6S/c1-3-14-29-17-31(27,28)24(2)13-4-15-30-22-16-19(9-12-21(22)24)6-5-18-7-10-20(11-8-18)23(25)26/h5-12,16H,3-4,13-15,17H2,1-2H3,(H,25,26)/b6-5+. The SMILES string of the molecule is CCCOCS(=O)(=O)C1(C)CCCOc2cc(/C=C/c3ccc(C(=O)O)cc3)ccc21. The van der Waals surface area contributed by atoms with Gasteiger partial charge in [-0.25, -0.2) is 13.2 Å². The molecular formula is C24H28O6S. The van der Waals surface area contributed by atoms with Crippen molar-refractivity contribution in [2.45, 2.75) is 37.9 Å². The molecule has 166 valence electrons. The van der Waals surface area contributed by atoms with Crippen molar-refractivity contribution in [3.8, 4) is 5.75 Å². The van der Waals surface area contributed by atoms with Gasteiger partial charge in [0, 0.05) is 12.2 Å². The molecule has 1 N–H and O–H groups in total. The minimum absolute atomic E-state index is 0.235. The van der Waals surface area contributed by atoms with Gasteiger partial charge in [-0.05, 0) is 55.5 Å². The molecule has 7 heteroatoms. The number of carbonyl (C=O) groups is 1. The Labute approximate surface area is 183 Å². The van der Waals surface area contributed by atoms with E-state index < -0.39 is 20.6 Å². The number of sulfone groups is 1. The molecule has 0 aromatic heterocycles. The molecule has 31 heavy (non-hydrogen) atoms. The molecule has 0 amide bonds. The first-order chi connectivity index (χ1) is 14.8. The van der Waals surface area contributed by atoms with Crippen molar-refractivity contribution in [3.05, 3.63) is 64.7 Å². The van der Waals surface area contributed by atoms with E-state index in [1.165, 1.54) is 0 Å². The third-order valence-corrected chi connectivity index (χ3v) is 7.80. The van der Waals surface area contributed by atoms with E-state index in [1.807, 2.05) is 37.3 Å². The number of carboxylic acids is 1. The summed E-state index contributed by atoms with van der Waals surface area (Å²) in [4.78, 5) is 11.0. The first-order valence-electron chi connectivity index (χ1n) is 10.4. The molecule has 0 spiro atoms. The zero-order chi connectivity index (χ0) is 22.5. The predicted octanol–water partition coefficient (Wildman–Crippen LogP) is 4.74. The second-order valence-corrected chi connectivity index (χ2v) is 10.2. The van der Waals surface area contributed by atoms with Gasteiger partial charge in [0.05, 0.1) is 12.2 Å². The Hall–Kier alpha value is -2.64. The lowest BCUT2D eigenvalue weighted by atomic mass is 9.94. The molecule has 0 saturated carbocycles. The lowest BCUT2D eigenvalue weighted by molar-refractivity contribution is 0.0697. The van der Waals surface area contributed by atoms with Crippen LogP contribution in [0.5, 0.6) is 5.75 Å². The zero-order valence-electron chi connectivity index (χ0n) is 17.8. The van der Waals surface area contributed by atoms with Gasteiger partial charge in [0.2, 0.25) is 0 Å². The number of aromatic carboxylic acids is 1. The second-order valence-electron chi connectivity index (χ2n) is 7.84. The van der Waals surface area contributed by atoms with Crippen LogP contribution in [0.25, 0.3) is 12.2 Å². The van der Waals surface area contributed by atoms with E-state index in [0.29, 0.717) is 37.4 Å². The monoisotopic (exact) mass is 444 g/mol. The average molecular weight is 445 g/mol. The van der Waals surface area contributed by atoms with Crippen molar-refractivity contribution < 1.29 is 27.8 Å². The Balaban J connectivity index is 1.87. The van der Waals surface area contributed by atoms with Gasteiger partial charge in [0.1, 0.15) is 16.4 Å². The van der Waals surface area contributed by atoms with Gasteiger partial charge in [-0.1, -0.05) is 43.3 Å². The number of hydrogen-bond acceptors (Lipinski definition) is 5. The van der Waals surface area contributed by atoms with Gasteiger partial charge in [0.15, 0.2) is 9.84 Å². The summed E-state index contributed by atoms with van der Waals surface area (Å²) in [5.41, 5.74) is 2.62. The highest BCUT2D eigenvalue weighted by Crippen LogP contribution is 2.43. The minimum Gasteiger partial charge on any atom is -0.493 e. The van der Waals surface area contributed by atoms with Crippen molar-refractivity contribution in [1.29, 1.82) is 0 Å². The Morgan fingerprint density at radius 1 is 1.16 bits per heavy atom. The molecule has 0 fully saturated rings. The summed E-state index contributed by atoms with van der Waals surface area (Å²) in [7, 11) is -3.54. The number of ether oxygens (including phenoxy) is 2. The van der Waals surface area contributed by atoms with E-state index in [0.717, 1.165) is 17.5 Å². The van der Waals surface area contributed by atoms with Crippen molar-refractivity contribution in [2.24, 2.45) is 0 Å². The quantitative estimate of drug-likeness (QED) is 0.467. The minimum atomic E-state index is -3.54. The van der Waals surface area contributed by atoms with Crippen molar-refractivity contribution >= 4 is 28.0 Å². The van der Waals surface area contributed by atoms with E-state index in [-0.39, 0.29) is 11.5 Å². The van der Waals surface area contributed by atoms with Gasteiger partial charge >= 0.3 is 5.97 Å². The summed E-state index contributed by atoms with van der Waals surface area (Å²) in [6.45, 7) is 4.57. The maximum absolute atomic E-state index is 13.1. The topological polar surface area (TPSA) is 89.9 Å². The van der Waals surface area contributed by atoms with Crippen LogP contribution in [-0.2, 0) is 19.3 Å². The van der Waals surface area contributed by atoms with Gasteiger partial charge in [-0.2, -0.15) is 0 Å². The van der Waals surface area contributed by atoms with Gasteiger partial charge in [-0.3, -0.25) is 0 Å². The molecule has 1 aliphatic heterocycles. The van der Waals surface area contributed by atoms with Crippen LogP contribution in [0.1, 0.15) is 60.2 Å². The predicted molar refractivity (Wildman–Crippen MR) is 121 cm³/mol. The molecule has 0 radical (unpaired) electrons. The van der Waals surface area contributed by atoms with Crippen LogP contribution in [0.15, 0.2) is 42.5 Å². The average Bonchev–Trinajstić information content (AvgIpc) is 2.92. The number of carboxylic acid groups (broad SMARTS) is 1. The summed E-state index contributed by atoms with van der Waals surface area (Å²) in [5, 5.41) is 9.00. The number of rotatable bonds is 8. The zero-order valence-corrected chi connectivity index (χ0v) is 18.7. The van der Waals surface area contributed by atoms with Crippen LogP contribution < -0.4 is 4.74 Å². The number of fused-ring (bicyclic) bond motifs is 1. The number of hydrogen-bond donors (Lipinski definition) is 1. The molecule has 2 aromatic rings. The highest BCUT2D eigenvalue weighted by Gasteiger charge is 2.43. The van der Waals surface area contributed by atoms with Crippen LogP contribution in [0.2, 0.25) is 0 Å². The smallest absolute Gasteiger partial charge is 0.335 e. The maximum Gasteiger partial charge on any atom is 0.335 e. The fourth-order valence-corrected chi connectivity index (χ4v) is 5.18. The highest BCUT2D eigenvalue weighted by molar-refractivity contribution is 7.92. The molecule has 1 atom stereocenters. The molecule has 1 aliphatic rings. The lowest BCUT2D eigenvalue weighted by Gasteiger charge is -2.29. The summed E-state index contributed by atoms with van der Waals surface area (Å²) < 4.78 is 36.5. The van der Waals surface area contributed by atoms with E-state index in [9.17, 15) is 13.2 Å². The maximum atomic E-state index is 13.1. The van der Waals surface area contributed by atoms with Crippen LogP contribution in [0.3, 0.4) is 0 Å². The molecule has 2 aromatic carbocycles. The van der Waals surface area contributed by atoms with E-state index >= 15 is 0 Å². The summed E-state index contributed by atoms with van der Waals surface area (Å²) >= 11 is 0. The Kier molecular flexibility index (Phi) is 7.18. The summed E-state index contributed by atoms with van der Waals surface area (Å²) in [5.74, 6) is -0.691. The lowest BCUT2D eigenvalue weighted by Crippen LogP contribution is -2.35. The summed E-state index contributed by atoms with van der Waals surface area (Å²) in [6.07, 6.45) is 5.64. The Morgan fingerprint density at radius 2 is 1.84 bits per heavy atom. The summed E-state index contributed by atoms with van der Waals surface area (Å²) in [6, 6.07) is 12.1. The number of benzene rings is 2. The van der Waals surface area contributed by atoms with Crippen LogP contribution in [0, 0.1) is 0 Å². The fraction of sp³-hybridized carbons (Fsp3) is 0.375. The second kappa shape index (κ2) is 9.66. The first kappa shape index (κ1) is 23.0. The molecule has 0 saturated heterocycles. The van der Waals surface area contributed by atoms with Crippen molar-refractivity contribution in [1.82, 2.24) is 0 Å². The third-order valence-electron chi connectivity index (χ3n) is 5.53. The molecule has 3 rings (SSSR count). The normalized spacial score (nSPS) is 18.9.